The van der Waals surface area contributed by atoms with Gasteiger partial charge in [0.05, 0.1) is 99.1 Å². The van der Waals surface area contributed by atoms with E-state index in [0.717, 1.165) is 38.7 Å². The van der Waals surface area contributed by atoms with Crippen molar-refractivity contribution in [2.45, 2.75) is 71.6 Å². The molecule has 0 aliphatic rings. The van der Waals surface area contributed by atoms with Crippen molar-refractivity contribution in [3.63, 3.8) is 0 Å². The molecule has 0 amide bonds. The third-order valence-corrected chi connectivity index (χ3v) is 5.47. The van der Waals surface area contributed by atoms with Crippen molar-refractivity contribution in [2.75, 3.05) is 112 Å². The molecule has 0 aromatic rings. The quantitative estimate of drug-likeness (QED) is 0.0832. The van der Waals surface area contributed by atoms with Crippen LogP contribution in [-0.2, 0) is 47.4 Å². The lowest BCUT2D eigenvalue weighted by Crippen LogP contribution is -2.15. The molecule has 10 nitrogen and oxygen atoms in total. The van der Waals surface area contributed by atoms with E-state index < -0.39 is 0 Å². The zero-order valence-corrected chi connectivity index (χ0v) is 25.0. The molecule has 0 unspecified atom stereocenters. The van der Waals surface area contributed by atoms with Crippen LogP contribution in [0.4, 0.5) is 0 Å². The summed E-state index contributed by atoms with van der Waals surface area (Å²) in [6, 6.07) is 0. The molecule has 234 valence electrons. The first-order valence-corrected chi connectivity index (χ1v) is 15.1. The number of ether oxygens (including phenoxy) is 9. The Hall–Kier alpha value is -0.850. The fourth-order valence-corrected chi connectivity index (χ4v) is 3.26. The molecular weight excluding hydrogens is 508 g/mol. The molecule has 0 aliphatic carbocycles. The van der Waals surface area contributed by atoms with Crippen molar-refractivity contribution in [1.29, 1.82) is 0 Å². The van der Waals surface area contributed by atoms with E-state index in [9.17, 15) is 4.79 Å². The second kappa shape index (κ2) is 35.2. The van der Waals surface area contributed by atoms with Crippen LogP contribution in [0, 0.1) is 0 Å². The monoisotopic (exact) mass is 566 g/mol. The summed E-state index contributed by atoms with van der Waals surface area (Å²) in [6.45, 7) is 13.3. The van der Waals surface area contributed by atoms with E-state index in [-0.39, 0.29) is 5.97 Å². The van der Waals surface area contributed by atoms with Crippen molar-refractivity contribution >= 4 is 5.97 Å². The number of hydrogen-bond donors (Lipinski definition) is 0. The third-order valence-electron chi connectivity index (χ3n) is 5.47. The third kappa shape index (κ3) is 35.1. The predicted octanol–water partition coefficient (Wildman–Crippen LogP) is 4.21. The Labute approximate surface area is 237 Å². The molecule has 0 radical (unpaired) electrons. The Morgan fingerprint density at radius 1 is 0.359 bits per heavy atom. The van der Waals surface area contributed by atoms with Crippen molar-refractivity contribution in [3.8, 4) is 0 Å². The molecule has 0 saturated heterocycles. The number of unbranched alkanes of at least 4 members (excludes halogenated alkanes) is 6. The van der Waals surface area contributed by atoms with Gasteiger partial charge in [0.25, 0.3) is 0 Å². The Morgan fingerprint density at radius 3 is 1.03 bits per heavy atom. The molecule has 0 aliphatic heterocycles. The second-order valence-electron chi connectivity index (χ2n) is 8.99. The van der Waals surface area contributed by atoms with E-state index in [2.05, 4.69) is 13.8 Å². The van der Waals surface area contributed by atoms with E-state index in [1.54, 1.807) is 0 Å². The largest absolute Gasteiger partial charge is 0.463 e. The molecule has 0 N–H and O–H groups in total. The lowest BCUT2D eigenvalue weighted by Gasteiger charge is -2.09. The summed E-state index contributed by atoms with van der Waals surface area (Å²) in [7, 11) is 0. The zero-order chi connectivity index (χ0) is 28.3. The minimum Gasteiger partial charge on any atom is -0.463 e. The highest BCUT2D eigenvalue weighted by molar-refractivity contribution is 5.69. The van der Waals surface area contributed by atoms with E-state index >= 15 is 0 Å². The van der Waals surface area contributed by atoms with Crippen LogP contribution in [0.1, 0.15) is 71.6 Å². The highest BCUT2D eigenvalue weighted by Crippen LogP contribution is 2.03. The van der Waals surface area contributed by atoms with E-state index in [4.69, 9.17) is 42.6 Å². The summed E-state index contributed by atoms with van der Waals surface area (Å²) >= 11 is 0. The summed E-state index contributed by atoms with van der Waals surface area (Å²) in [5.74, 6) is -0.146. The van der Waals surface area contributed by atoms with E-state index in [0.29, 0.717) is 112 Å². The second-order valence-corrected chi connectivity index (χ2v) is 8.99. The van der Waals surface area contributed by atoms with Crippen LogP contribution >= 0.6 is 0 Å². The zero-order valence-electron chi connectivity index (χ0n) is 25.0. The average molecular weight is 567 g/mol. The molecule has 0 aromatic heterocycles. The van der Waals surface area contributed by atoms with Crippen molar-refractivity contribution in [1.82, 2.24) is 0 Å². The van der Waals surface area contributed by atoms with Gasteiger partial charge in [0.2, 0.25) is 0 Å². The first-order chi connectivity index (χ1) is 19.3. The fourth-order valence-electron chi connectivity index (χ4n) is 3.26. The van der Waals surface area contributed by atoms with Crippen LogP contribution < -0.4 is 0 Å². The number of carbonyl (C=O) groups is 1. The summed E-state index contributed by atoms with van der Waals surface area (Å²) in [5, 5.41) is 0. The topological polar surface area (TPSA) is 100 Å². The molecule has 0 heterocycles. The molecule has 10 heteroatoms. The molecule has 39 heavy (non-hydrogen) atoms. The fraction of sp³-hybridized carbons (Fsp3) is 0.966. The molecule has 0 aromatic carbocycles. The highest BCUT2D eigenvalue weighted by Gasteiger charge is 2.02. The number of rotatable bonds is 34. The van der Waals surface area contributed by atoms with Crippen LogP contribution in [-0.4, -0.2) is 118 Å². The van der Waals surface area contributed by atoms with Gasteiger partial charge in [-0.1, -0.05) is 52.4 Å². The van der Waals surface area contributed by atoms with Gasteiger partial charge in [-0.25, -0.2) is 0 Å². The Kier molecular flexibility index (Phi) is 34.4. The van der Waals surface area contributed by atoms with Crippen LogP contribution in [0.15, 0.2) is 0 Å². The first kappa shape index (κ1) is 38.1. The molecule has 0 fully saturated rings. The summed E-state index contributed by atoms with van der Waals surface area (Å²) in [6.07, 6.45) is 9.69. The van der Waals surface area contributed by atoms with Crippen LogP contribution in [0.2, 0.25) is 0 Å². The van der Waals surface area contributed by atoms with E-state index in [1.807, 2.05) is 0 Å². The van der Waals surface area contributed by atoms with Gasteiger partial charge in [-0.15, -0.1) is 0 Å². The van der Waals surface area contributed by atoms with Gasteiger partial charge in [0.1, 0.15) is 6.61 Å². The molecular formula is C29H58O10. The minimum absolute atomic E-state index is 0.146. The number of hydrogen-bond acceptors (Lipinski definition) is 10. The molecule has 0 atom stereocenters. The van der Waals surface area contributed by atoms with Gasteiger partial charge >= 0.3 is 5.97 Å². The lowest BCUT2D eigenvalue weighted by molar-refractivity contribution is -0.145. The molecule has 0 spiro atoms. The van der Waals surface area contributed by atoms with Gasteiger partial charge in [-0.2, -0.15) is 0 Å². The van der Waals surface area contributed by atoms with Gasteiger partial charge in [-0.05, 0) is 12.8 Å². The number of carbonyl (C=O) groups excluding carboxylic acids is 1. The van der Waals surface area contributed by atoms with Gasteiger partial charge in [0, 0.05) is 13.0 Å². The summed E-state index contributed by atoms with van der Waals surface area (Å²) in [4.78, 5) is 11.5. The minimum atomic E-state index is -0.146. The van der Waals surface area contributed by atoms with Gasteiger partial charge in [-0.3, -0.25) is 4.79 Å². The Bertz CT molecular complexity index is 467. The van der Waals surface area contributed by atoms with Crippen LogP contribution in [0.3, 0.4) is 0 Å². The predicted molar refractivity (Wildman–Crippen MR) is 150 cm³/mol. The Balaban J connectivity index is 3.07. The maximum absolute atomic E-state index is 11.5. The van der Waals surface area contributed by atoms with Crippen LogP contribution in [0.5, 0.6) is 0 Å². The van der Waals surface area contributed by atoms with Crippen molar-refractivity contribution in [2.24, 2.45) is 0 Å². The lowest BCUT2D eigenvalue weighted by atomic mass is 10.2. The summed E-state index contributed by atoms with van der Waals surface area (Å²) < 4.78 is 48.8. The van der Waals surface area contributed by atoms with Crippen molar-refractivity contribution in [3.05, 3.63) is 0 Å². The van der Waals surface area contributed by atoms with Crippen molar-refractivity contribution < 1.29 is 47.4 Å². The molecule has 0 rings (SSSR count). The SMILES string of the molecule is CCCCCCOCCOCCOCCOCCOCCOCCOCCOCCOC(=O)CCCCCC. The van der Waals surface area contributed by atoms with Gasteiger partial charge in [0.15, 0.2) is 0 Å². The molecule has 0 bridgehead atoms. The van der Waals surface area contributed by atoms with Crippen LogP contribution in [0.25, 0.3) is 0 Å². The summed E-state index contributed by atoms with van der Waals surface area (Å²) in [5.41, 5.74) is 0. The highest BCUT2D eigenvalue weighted by atomic mass is 16.6. The van der Waals surface area contributed by atoms with Gasteiger partial charge < -0.3 is 42.6 Å². The maximum atomic E-state index is 11.5. The smallest absolute Gasteiger partial charge is 0.305 e. The molecule has 0 saturated carbocycles. The average Bonchev–Trinajstić information content (AvgIpc) is 2.94. The Morgan fingerprint density at radius 2 is 0.667 bits per heavy atom. The standard InChI is InChI=1S/C29H58O10/c1-3-5-7-9-11-29(30)39-28-27-38-26-25-37-24-23-36-22-21-35-20-19-34-18-17-33-16-15-32-14-13-31-12-10-8-6-4-2/h3-28H2,1-2H3. The van der Waals surface area contributed by atoms with E-state index in [1.165, 1.54) is 19.3 Å². The number of esters is 1. The first-order valence-electron chi connectivity index (χ1n) is 15.1. The normalized spacial score (nSPS) is 11.3. The maximum Gasteiger partial charge on any atom is 0.305 e.